The van der Waals surface area contributed by atoms with Gasteiger partial charge in [0.25, 0.3) is 0 Å². The molecule has 1 aliphatic carbocycles. The third-order valence-corrected chi connectivity index (χ3v) is 6.15. The smallest absolute Gasteiger partial charge is 0.219 e. The van der Waals surface area contributed by atoms with Crippen molar-refractivity contribution in [2.45, 2.75) is 52.5 Å². The van der Waals surface area contributed by atoms with E-state index in [1.807, 2.05) is 0 Å². The van der Waals surface area contributed by atoms with E-state index in [-0.39, 0.29) is 5.91 Å². The van der Waals surface area contributed by atoms with Crippen LogP contribution in [-0.2, 0) is 9.53 Å². The fourth-order valence-corrected chi connectivity index (χ4v) is 4.22. The number of likely N-dealkylation sites (tertiary alicyclic amines) is 2. The molecule has 3 fully saturated rings. The molecule has 126 valence electrons. The molecular formula is C18H32N2O2. The van der Waals surface area contributed by atoms with Crippen molar-refractivity contribution in [1.29, 1.82) is 0 Å². The molecule has 0 radical (unpaired) electrons. The average Bonchev–Trinajstić information content (AvgIpc) is 3.23. The Morgan fingerprint density at radius 2 is 1.91 bits per heavy atom. The Balaban J connectivity index is 1.61. The lowest BCUT2D eigenvalue weighted by Crippen LogP contribution is -2.47. The van der Waals surface area contributed by atoms with E-state index in [2.05, 4.69) is 23.6 Å². The summed E-state index contributed by atoms with van der Waals surface area (Å²) >= 11 is 0. The summed E-state index contributed by atoms with van der Waals surface area (Å²) in [6.45, 7) is 12.3. The summed E-state index contributed by atoms with van der Waals surface area (Å²) < 4.78 is 6.02. The van der Waals surface area contributed by atoms with Crippen molar-refractivity contribution in [2.75, 3.05) is 39.4 Å². The van der Waals surface area contributed by atoms with Crippen LogP contribution in [0.3, 0.4) is 0 Å². The van der Waals surface area contributed by atoms with Crippen molar-refractivity contribution in [1.82, 2.24) is 9.80 Å². The molecule has 1 atom stereocenters. The first-order chi connectivity index (χ1) is 10.5. The van der Waals surface area contributed by atoms with E-state index in [0.29, 0.717) is 17.4 Å². The third kappa shape index (κ3) is 3.48. The van der Waals surface area contributed by atoms with E-state index in [0.717, 1.165) is 32.2 Å². The molecule has 0 aromatic rings. The van der Waals surface area contributed by atoms with Crippen LogP contribution >= 0.6 is 0 Å². The van der Waals surface area contributed by atoms with Gasteiger partial charge in [-0.3, -0.25) is 4.79 Å². The summed E-state index contributed by atoms with van der Waals surface area (Å²) in [5.74, 6) is 1.59. The maximum atomic E-state index is 11.9. The van der Waals surface area contributed by atoms with Gasteiger partial charge in [0, 0.05) is 38.6 Å². The quantitative estimate of drug-likeness (QED) is 0.782. The van der Waals surface area contributed by atoms with Crippen LogP contribution in [0.25, 0.3) is 0 Å². The van der Waals surface area contributed by atoms with Gasteiger partial charge in [-0.25, -0.2) is 0 Å². The van der Waals surface area contributed by atoms with Crippen molar-refractivity contribution in [3.8, 4) is 0 Å². The van der Waals surface area contributed by atoms with E-state index in [4.69, 9.17) is 4.74 Å². The zero-order chi connectivity index (χ0) is 15.7. The second-order valence-electron chi connectivity index (χ2n) is 8.07. The molecule has 2 aliphatic heterocycles. The molecule has 0 bridgehead atoms. The normalized spacial score (nSPS) is 28.7. The first-order valence-electron chi connectivity index (χ1n) is 9.07. The minimum Gasteiger partial charge on any atom is -0.381 e. The summed E-state index contributed by atoms with van der Waals surface area (Å²) in [6.07, 6.45) is 5.12. The summed E-state index contributed by atoms with van der Waals surface area (Å²) in [7, 11) is 0. The lowest BCUT2D eigenvalue weighted by atomic mass is 9.71. The highest BCUT2D eigenvalue weighted by molar-refractivity contribution is 5.73. The summed E-state index contributed by atoms with van der Waals surface area (Å²) in [4.78, 5) is 16.5. The molecule has 2 heterocycles. The number of hydrogen-bond acceptors (Lipinski definition) is 3. The lowest BCUT2D eigenvalue weighted by molar-refractivity contribution is -0.128. The van der Waals surface area contributed by atoms with E-state index in [1.165, 1.54) is 38.8 Å². The minimum atomic E-state index is 0.232. The predicted octanol–water partition coefficient (Wildman–Crippen LogP) is 2.38. The number of carbonyl (C=O) groups is 1. The summed E-state index contributed by atoms with van der Waals surface area (Å²) in [6, 6.07) is 0.632. The van der Waals surface area contributed by atoms with Gasteiger partial charge < -0.3 is 14.5 Å². The first-order valence-corrected chi connectivity index (χ1v) is 9.07. The van der Waals surface area contributed by atoms with E-state index < -0.39 is 0 Å². The van der Waals surface area contributed by atoms with Crippen LogP contribution < -0.4 is 0 Å². The first kappa shape index (κ1) is 16.3. The van der Waals surface area contributed by atoms with E-state index in [1.54, 1.807) is 6.92 Å². The minimum absolute atomic E-state index is 0.232. The van der Waals surface area contributed by atoms with Gasteiger partial charge in [-0.05, 0) is 64.0 Å². The monoisotopic (exact) mass is 308 g/mol. The molecule has 0 aromatic heterocycles. The van der Waals surface area contributed by atoms with E-state index >= 15 is 0 Å². The number of ether oxygens (including phenoxy) is 1. The standard InChI is InChI=1S/C18H32N2O2/c1-14(2)19-8-6-18(7-9-19)13-20(15(3)21)10-17(18)12-22-11-16-4-5-16/h14,16-17H,4-13H2,1-3H3/t17-/m1/s1. The molecule has 4 nitrogen and oxygen atoms in total. The number of hydrogen-bond donors (Lipinski definition) is 0. The summed E-state index contributed by atoms with van der Waals surface area (Å²) in [5.41, 5.74) is 0.306. The highest BCUT2D eigenvalue weighted by Crippen LogP contribution is 2.45. The molecule has 0 aromatic carbocycles. The van der Waals surface area contributed by atoms with Crippen molar-refractivity contribution >= 4 is 5.91 Å². The Labute approximate surface area is 135 Å². The largest absolute Gasteiger partial charge is 0.381 e. The van der Waals surface area contributed by atoms with Crippen LogP contribution in [0, 0.1) is 17.3 Å². The fourth-order valence-electron chi connectivity index (χ4n) is 4.22. The molecule has 0 N–H and O–H groups in total. The maximum Gasteiger partial charge on any atom is 0.219 e. The zero-order valence-electron chi connectivity index (χ0n) is 14.5. The molecule has 3 rings (SSSR count). The van der Waals surface area contributed by atoms with Crippen LogP contribution in [-0.4, -0.2) is 61.1 Å². The van der Waals surface area contributed by atoms with Crippen LogP contribution in [0.1, 0.15) is 46.5 Å². The zero-order valence-corrected chi connectivity index (χ0v) is 14.5. The van der Waals surface area contributed by atoms with Crippen LogP contribution in [0.5, 0.6) is 0 Å². The van der Waals surface area contributed by atoms with Gasteiger partial charge in [0.1, 0.15) is 0 Å². The highest BCUT2D eigenvalue weighted by atomic mass is 16.5. The topological polar surface area (TPSA) is 32.8 Å². The Morgan fingerprint density at radius 3 is 2.45 bits per heavy atom. The average molecular weight is 308 g/mol. The van der Waals surface area contributed by atoms with Crippen LogP contribution in [0.15, 0.2) is 0 Å². The number of piperidine rings is 1. The third-order valence-electron chi connectivity index (χ3n) is 6.15. The Bertz CT molecular complexity index is 398. The number of carbonyl (C=O) groups excluding carboxylic acids is 1. The SMILES string of the molecule is CC(=O)N1C[C@H](COCC2CC2)C2(CCN(C(C)C)CC2)C1. The van der Waals surface area contributed by atoms with Gasteiger partial charge in [0.15, 0.2) is 0 Å². The second kappa shape index (κ2) is 6.48. The van der Waals surface area contributed by atoms with Gasteiger partial charge in [-0.2, -0.15) is 0 Å². The molecule has 22 heavy (non-hydrogen) atoms. The van der Waals surface area contributed by atoms with E-state index in [9.17, 15) is 4.79 Å². The van der Waals surface area contributed by atoms with Gasteiger partial charge in [0.2, 0.25) is 5.91 Å². The molecule has 1 amide bonds. The molecule has 2 saturated heterocycles. The van der Waals surface area contributed by atoms with Gasteiger partial charge in [-0.1, -0.05) is 0 Å². The van der Waals surface area contributed by atoms with Gasteiger partial charge >= 0.3 is 0 Å². The maximum absolute atomic E-state index is 11.9. The van der Waals surface area contributed by atoms with Crippen LogP contribution in [0.4, 0.5) is 0 Å². The molecule has 1 saturated carbocycles. The molecular weight excluding hydrogens is 276 g/mol. The Kier molecular flexibility index (Phi) is 4.79. The Hall–Kier alpha value is -0.610. The molecule has 0 unspecified atom stereocenters. The second-order valence-corrected chi connectivity index (χ2v) is 8.07. The fraction of sp³-hybridized carbons (Fsp3) is 0.944. The molecule has 4 heteroatoms. The number of amides is 1. The molecule has 3 aliphatic rings. The number of nitrogens with zero attached hydrogens (tertiary/aromatic N) is 2. The van der Waals surface area contributed by atoms with Crippen LogP contribution in [0.2, 0.25) is 0 Å². The van der Waals surface area contributed by atoms with Crippen molar-refractivity contribution in [3.05, 3.63) is 0 Å². The predicted molar refractivity (Wildman–Crippen MR) is 87.7 cm³/mol. The number of rotatable bonds is 5. The van der Waals surface area contributed by atoms with Crippen molar-refractivity contribution in [3.63, 3.8) is 0 Å². The van der Waals surface area contributed by atoms with Crippen molar-refractivity contribution < 1.29 is 9.53 Å². The highest BCUT2D eigenvalue weighted by Gasteiger charge is 2.48. The van der Waals surface area contributed by atoms with Gasteiger partial charge in [0.05, 0.1) is 6.61 Å². The lowest BCUT2D eigenvalue weighted by Gasteiger charge is -2.43. The van der Waals surface area contributed by atoms with Crippen molar-refractivity contribution in [2.24, 2.45) is 17.3 Å². The molecule has 1 spiro atoms. The Morgan fingerprint density at radius 1 is 1.23 bits per heavy atom. The van der Waals surface area contributed by atoms with Gasteiger partial charge in [-0.15, -0.1) is 0 Å². The summed E-state index contributed by atoms with van der Waals surface area (Å²) in [5, 5.41) is 0.